The van der Waals surface area contributed by atoms with Crippen LogP contribution in [-0.4, -0.2) is 18.8 Å². The minimum absolute atomic E-state index is 0.0857. The number of ether oxygens (including phenoxy) is 1. The molecule has 114 valence electrons. The summed E-state index contributed by atoms with van der Waals surface area (Å²) in [5.41, 5.74) is 1.20. The van der Waals surface area contributed by atoms with E-state index < -0.39 is 0 Å². The SMILES string of the molecule is COc1cccc(NC(=O)CCC(=O)c2ccc(Cl)cc2)c1. The van der Waals surface area contributed by atoms with E-state index >= 15 is 0 Å². The predicted octanol–water partition coefficient (Wildman–Crippen LogP) is 3.95. The van der Waals surface area contributed by atoms with Gasteiger partial charge in [-0.3, -0.25) is 9.59 Å². The molecule has 0 fully saturated rings. The van der Waals surface area contributed by atoms with Crippen molar-refractivity contribution in [1.82, 2.24) is 0 Å². The van der Waals surface area contributed by atoms with Gasteiger partial charge in [0.15, 0.2) is 5.78 Å². The normalized spacial score (nSPS) is 10.1. The number of hydrogen-bond donors (Lipinski definition) is 1. The largest absolute Gasteiger partial charge is 0.497 e. The molecule has 0 saturated carbocycles. The lowest BCUT2D eigenvalue weighted by molar-refractivity contribution is -0.116. The topological polar surface area (TPSA) is 55.4 Å². The van der Waals surface area contributed by atoms with Crippen molar-refractivity contribution in [3.8, 4) is 5.75 Å². The Hall–Kier alpha value is -2.33. The number of halogens is 1. The van der Waals surface area contributed by atoms with Crippen LogP contribution in [0.5, 0.6) is 5.75 Å². The molecule has 2 aromatic carbocycles. The Kier molecular flexibility index (Phi) is 5.55. The fraction of sp³-hybridized carbons (Fsp3) is 0.176. The van der Waals surface area contributed by atoms with Crippen LogP contribution in [0.15, 0.2) is 48.5 Å². The highest BCUT2D eigenvalue weighted by Gasteiger charge is 2.10. The number of carbonyl (C=O) groups is 2. The van der Waals surface area contributed by atoms with Crippen LogP contribution in [-0.2, 0) is 4.79 Å². The van der Waals surface area contributed by atoms with Gasteiger partial charge in [-0.15, -0.1) is 0 Å². The summed E-state index contributed by atoms with van der Waals surface area (Å²) in [4.78, 5) is 23.8. The van der Waals surface area contributed by atoms with Gasteiger partial charge in [-0.05, 0) is 36.4 Å². The first-order chi connectivity index (χ1) is 10.6. The molecular formula is C17H16ClNO3. The van der Waals surface area contributed by atoms with E-state index in [2.05, 4.69) is 5.32 Å². The molecule has 1 amide bonds. The number of benzene rings is 2. The first kappa shape index (κ1) is 16.0. The molecule has 2 rings (SSSR count). The molecule has 1 N–H and O–H groups in total. The number of anilines is 1. The van der Waals surface area contributed by atoms with E-state index in [4.69, 9.17) is 16.3 Å². The number of carbonyl (C=O) groups excluding carboxylic acids is 2. The van der Waals surface area contributed by atoms with E-state index in [-0.39, 0.29) is 24.5 Å². The van der Waals surface area contributed by atoms with Gasteiger partial charge in [-0.1, -0.05) is 17.7 Å². The van der Waals surface area contributed by atoms with Crippen molar-refractivity contribution in [1.29, 1.82) is 0 Å². The van der Waals surface area contributed by atoms with Crippen LogP contribution >= 0.6 is 11.6 Å². The van der Waals surface area contributed by atoms with Crippen LogP contribution in [0.25, 0.3) is 0 Å². The highest BCUT2D eigenvalue weighted by atomic mass is 35.5. The second-order valence-electron chi connectivity index (χ2n) is 4.71. The molecule has 0 aliphatic heterocycles. The second kappa shape index (κ2) is 7.61. The third kappa shape index (κ3) is 4.60. The molecule has 0 heterocycles. The molecule has 0 saturated heterocycles. The van der Waals surface area contributed by atoms with E-state index in [0.717, 1.165) is 0 Å². The van der Waals surface area contributed by atoms with E-state index in [1.54, 1.807) is 55.6 Å². The molecule has 0 aliphatic rings. The van der Waals surface area contributed by atoms with Crippen molar-refractivity contribution in [3.05, 3.63) is 59.1 Å². The first-order valence-electron chi connectivity index (χ1n) is 6.81. The summed E-state index contributed by atoms with van der Waals surface area (Å²) < 4.78 is 5.09. The van der Waals surface area contributed by atoms with Crippen molar-refractivity contribution in [3.63, 3.8) is 0 Å². The van der Waals surface area contributed by atoms with E-state index in [1.165, 1.54) is 0 Å². The van der Waals surface area contributed by atoms with Crippen molar-refractivity contribution in [2.75, 3.05) is 12.4 Å². The molecule has 2 aromatic rings. The Labute approximate surface area is 134 Å². The highest BCUT2D eigenvalue weighted by Crippen LogP contribution is 2.17. The Balaban J connectivity index is 1.87. The summed E-state index contributed by atoms with van der Waals surface area (Å²) >= 11 is 5.77. The summed E-state index contributed by atoms with van der Waals surface area (Å²) in [5, 5.41) is 3.32. The van der Waals surface area contributed by atoms with Gasteiger partial charge >= 0.3 is 0 Å². The van der Waals surface area contributed by atoms with Gasteiger partial charge in [0.05, 0.1) is 7.11 Å². The summed E-state index contributed by atoms with van der Waals surface area (Å²) in [6.45, 7) is 0. The number of methoxy groups -OCH3 is 1. The molecule has 5 heteroatoms. The van der Waals surface area contributed by atoms with Gasteiger partial charge in [0.1, 0.15) is 5.75 Å². The minimum Gasteiger partial charge on any atom is -0.497 e. The molecular weight excluding hydrogens is 302 g/mol. The zero-order valence-electron chi connectivity index (χ0n) is 12.1. The molecule has 22 heavy (non-hydrogen) atoms. The minimum atomic E-state index is -0.212. The smallest absolute Gasteiger partial charge is 0.224 e. The number of amides is 1. The molecule has 0 bridgehead atoms. The lowest BCUT2D eigenvalue weighted by Gasteiger charge is -2.07. The zero-order chi connectivity index (χ0) is 15.9. The van der Waals surface area contributed by atoms with Crippen LogP contribution in [0.2, 0.25) is 5.02 Å². The monoisotopic (exact) mass is 317 g/mol. The van der Waals surface area contributed by atoms with Crippen LogP contribution in [0.4, 0.5) is 5.69 Å². The second-order valence-corrected chi connectivity index (χ2v) is 5.15. The van der Waals surface area contributed by atoms with E-state index in [0.29, 0.717) is 22.0 Å². The number of ketones is 1. The fourth-order valence-corrected chi connectivity index (χ4v) is 2.06. The molecule has 0 aromatic heterocycles. The molecule has 0 radical (unpaired) electrons. The molecule has 0 unspecified atom stereocenters. The van der Waals surface area contributed by atoms with Crippen molar-refractivity contribution >= 4 is 29.0 Å². The van der Waals surface area contributed by atoms with Crippen LogP contribution in [0.1, 0.15) is 23.2 Å². The predicted molar refractivity (Wildman–Crippen MR) is 86.6 cm³/mol. The van der Waals surface area contributed by atoms with Gasteiger partial charge in [0.25, 0.3) is 0 Å². The third-order valence-electron chi connectivity index (χ3n) is 3.10. The molecule has 0 atom stereocenters. The van der Waals surface area contributed by atoms with Gasteiger partial charge in [-0.25, -0.2) is 0 Å². The fourth-order valence-electron chi connectivity index (χ4n) is 1.93. The maximum absolute atomic E-state index is 12.0. The quantitative estimate of drug-likeness (QED) is 0.821. The van der Waals surface area contributed by atoms with Gasteiger partial charge < -0.3 is 10.1 Å². The van der Waals surface area contributed by atoms with Crippen LogP contribution < -0.4 is 10.1 Å². The Bertz CT molecular complexity index is 668. The lowest BCUT2D eigenvalue weighted by atomic mass is 10.1. The van der Waals surface area contributed by atoms with Crippen molar-refractivity contribution in [2.45, 2.75) is 12.8 Å². The van der Waals surface area contributed by atoms with Crippen LogP contribution in [0.3, 0.4) is 0 Å². The first-order valence-corrected chi connectivity index (χ1v) is 7.19. The number of Topliss-reactive ketones (excluding diaryl/α,β-unsaturated/α-hetero) is 1. The summed E-state index contributed by atoms with van der Waals surface area (Å²) in [6, 6.07) is 13.7. The Morgan fingerprint density at radius 2 is 1.82 bits per heavy atom. The number of rotatable bonds is 6. The van der Waals surface area contributed by atoms with Gasteiger partial charge in [-0.2, -0.15) is 0 Å². The highest BCUT2D eigenvalue weighted by molar-refractivity contribution is 6.30. The maximum Gasteiger partial charge on any atom is 0.224 e. The number of hydrogen-bond acceptors (Lipinski definition) is 3. The summed E-state index contributed by atoms with van der Waals surface area (Å²) in [6.07, 6.45) is 0.274. The average Bonchev–Trinajstić information content (AvgIpc) is 2.53. The standard InChI is InChI=1S/C17H16ClNO3/c1-22-15-4-2-3-14(11-15)19-17(21)10-9-16(20)12-5-7-13(18)8-6-12/h2-8,11H,9-10H2,1H3,(H,19,21). The average molecular weight is 318 g/mol. The van der Waals surface area contributed by atoms with Gasteiger partial charge in [0, 0.05) is 35.2 Å². The lowest BCUT2D eigenvalue weighted by Crippen LogP contribution is -2.13. The van der Waals surface area contributed by atoms with Crippen LogP contribution in [0, 0.1) is 0 Å². The van der Waals surface area contributed by atoms with Crippen molar-refractivity contribution < 1.29 is 14.3 Å². The summed E-state index contributed by atoms with van der Waals surface area (Å²) in [7, 11) is 1.56. The Morgan fingerprint density at radius 1 is 1.09 bits per heavy atom. The molecule has 0 spiro atoms. The Morgan fingerprint density at radius 3 is 2.50 bits per heavy atom. The van der Waals surface area contributed by atoms with E-state index in [9.17, 15) is 9.59 Å². The number of nitrogens with one attached hydrogen (secondary N) is 1. The summed E-state index contributed by atoms with van der Waals surface area (Å²) in [5.74, 6) is 0.364. The zero-order valence-corrected chi connectivity index (χ0v) is 12.9. The van der Waals surface area contributed by atoms with Crippen molar-refractivity contribution in [2.24, 2.45) is 0 Å². The third-order valence-corrected chi connectivity index (χ3v) is 3.35. The molecule has 4 nitrogen and oxygen atoms in total. The molecule has 0 aliphatic carbocycles. The van der Waals surface area contributed by atoms with E-state index in [1.807, 2.05) is 0 Å². The maximum atomic E-state index is 12.0. The van der Waals surface area contributed by atoms with Gasteiger partial charge in [0.2, 0.25) is 5.91 Å².